The van der Waals surface area contributed by atoms with E-state index >= 15 is 0 Å². The second-order valence-electron chi connectivity index (χ2n) is 4.98. The van der Waals surface area contributed by atoms with Crippen LogP contribution >= 0.6 is 0 Å². The van der Waals surface area contributed by atoms with Gasteiger partial charge in [0.2, 0.25) is 5.91 Å². The number of carbonyl (C=O) groups is 2. The molecule has 2 N–H and O–H groups in total. The molecular weight excluding hydrogens is 316 g/mol. The highest BCUT2D eigenvalue weighted by atomic mass is 19.1. The van der Waals surface area contributed by atoms with E-state index in [0.29, 0.717) is 5.56 Å². The van der Waals surface area contributed by atoms with E-state index in [4.69, 9.17) is 0 Å². The Labute approximate surface area is 137 Å². The molecule has 0 aliphatic rings. The Kier molecular flexibility index (Phi) is 5.73. The zero-order valence-electron chi connectivity index (χ0n) is 12.8. The summed E-state index contributed by atoms with van der Waals surface area (Å²) in [6.07, 6.45) is 1.32. The van der Waals surface area contributed by atoms with Gasteiger partial charge in [-0.25, -0.2) is 14.2 Å². The van der Waals surface area contributed by atoms with Crippen LogP contribution in [0.15, 0.2) is 53.6 Å². The van der Waals surface area contributed by atoms with Crippen molar-refractivity contribution >= 4 is 23.7 Å². The van der Waals surface area contributed by atoms with E-state index in [1.165, 1.54) is 55.6 Å². The van der Waals surface area contributed by atoms with E-state index in [2.05, 4.69) is 15.8 Å². The summed E-state index contributed by atoms with van der Waals surface area (Å²) in [6, 6.07) is 11.1. The summed E-state index contributed by atoms with van der Waals surface area (Å²) in [5.41, 5.74) is 2.79. The molecule has 0 spiro atoms. The number of nitrogens with zero attached hydrogens (tertiary/aromatic N) is 1. The normalized spacial score (nSPS) is 12.0. The predicted molar refractivity (Wildman–Crippen MR) is 86.3 cm³/mol. The van der Waals surface area contributed by atoms with Crippen LogP contribution in [0, 0.1) is 17.6 Å². The molecule has 0 aliphatic heterocycles. The molecule has 0 heterocycles. The summed E-state index contributed by atoms with van der Waals surface area (Å²) in [5.74, 6) is -3.35. The van der Waals surface area contributed by atoms with Crippen LogP contribution in [0.1, 0.15) is 12.5 Å². The molecule has 0 bridgehead atoms. The quantitative estimate of drug-likeness (QED) is 0.502. The maximum atomic E-state index is 13.5. The van der Waals surface area contributed by atoms with Crippen LogP contribution < -0.4 is 10.7 Å². The zero-order chi connectivity index (χ0) is 17.5. The SMILES string of the molecule is CC(C(=O)NN=Cc1ccc(F)cc1)C(=O)Nc1ccccc1F. The van der Waals surface area contributed by atoms with Gasteiger partial charge in [0.25, 0.3) is 5.91 Å². The molecule has 1 unspecified atom stereocenters. The van der Waals surface area contributed by atoms with Gasteiger partial charge in [-0.15, -0.1) is 0 Å². The molecule has 2 aromatic rings. The minimum Gasteiger partial charge on any atom is -0.323 e. The standard InChI is InChI=1S/C17H15F2N3O2/c1-11(16(23)21-15-5-3-2-4-14(15)19)17(24)22-20-10-12-6-8-13(18)9-7-12/h2-11H,1H3,(H,21,23)(H,22,24). The summed E-state index contributed by atoms with van der Waals surface area (Å²) >= 11 is 0. The van der Waals surface area contributed by atoms with E-state index in [0.717, 1.165) is 0 Å². The molecule has 0 fully saturated rings. The first-order valence-electron chi connectivity index (χ1n) is 7.11. The summed E-state index contributed by atoms with van der Waals surface area (Å²) in [7, 11) is 0. The second-order valence-corrected chi connectivity index (χ2v) is 4.98. The molecule has 7 heteroatoms. The van der Waals surface area contributed by atoms with Crippen molar-refractivity contribution < 1.29 is 18.4 Å². The van der Waals surface area contributed by atoms with Gasteiger partial charge in [0.15, 0.2) is 0 Å². The van der Waals surface area contributed by atoms with E-state index in [-0.39, 0.29) is 11.5 Å². The number of rotatable bonds is 5. The Morgan fingerprint density at radius 3 is 2.38 bits per heavy atom. The highest BCUT2D eigenvalue weighted by Gasteiger charge is 2.21. The number of nitrogens with one attached hydrogen (secondary N) is 2. The van der Waals surface area contributed by atoms with Gasteiger partial charge in [-0.1, -0.05) is 24.3 Å². The third kappa shape index (κ3) is 4.70. The predicted octanol–water partition coefficient (Wildman–Crippen LogP) is 2.69. The maximum Gasteiger partial charge on any atom is 0.252 e. The van der Waals surface area contributed by atoms with Crippen molar-refractivity contribution in [3.63, 3.8) is 0 Å². The fourth-order valence-electron chi connectivity index (χ4n) is 1.74. The van der Waals surface area contributed by atoms with Crippen LogP contribution in [0.2, 0.25) is 0 Å². The lowest BCUT2D eigenvalue weighted by molar-refractivity contribution is -0.131. The number of amides is 2. The number of halogens is 2. The van der Waals surface area contributed by atoms with E-state index in [9.17, 15) is 18.4 Å². The van der Waals surface area contributed by atoms with Crippen molar-refractivity contribution in [1.29, 1.82) is 0 Å². The molecule has 124 valence electrons. The molecule has 5 nitrogen and oxygen atoms in total. The molecule has 1 atom stereocenters. The van der Waals surface area contributed by atoms with Gasteiger partial charge >= 0.3 is 0 Å². The number of benzene rings is 2. The fourth-order valence-corrected chi connectivity index (χ4v) is 1.74. The lowest BCUT2D eigenvalue weighted by atomic mass is 10.1. The van der Waals surface area contributed by atoms with Gasteiger partial charge < -0.3 is 5.32 Å². The van der Waals surface area contributed by atoms with Gasteiger partial charge in [0.05, 0.1) is 11.9 Å². The molecule has 0 saturated heterocycles. The smallest absolute Gasteiger partial charge is 0.252 e. The molecule has 2 amide bonds. The van der Waals surface area contributed by atoms with Gasteiger partial charge in [0, 0.05) is 0 Å². The van der Waals surface area contributed by atoms with Crippen molar-refractivity contribution in [3.05, 3.63) is 65.7 Å². The Hall–Kier alpha value is -3.09. The molecule has 0 aromatic heterocycles. The number of carbonyl (C=O) groups excluding carboxylic acids is 2. The number of para-hydroxylation sites is 1. The fraction of sp³-hybridized carbons (Fsp3) is 0.118. The van der Waals surface area contributed by atoms with E-state index in [1.54, 1.807) is 6.07 Å². The van der Waals surface area contributed by atoms with Gasteiger partial charge in [-0.2, -0.15) is 5.10 Å². The van der Waals surface area contributed by atoms with Crippen LogP contribution in [0.25, 0.3) is 0 Å². The molecule has 0 aliphatic carbocycles. The number of hydrogen-bond acceptors (Lipinski definition) is 3. The van der Waals surface area contributed by atoms with Crippen molar-refractivity contribution in [1.82, 2.24) is 5.43 Å². The van der Waals surface area contributed by atoms with Crippen LogP contribution in [-0.2, 0) is 9.59 Å². The monoisotopic (exact) mass is 331 g/mol. The van der Waals surface area contributed by atoms with E-state index < -0.39 is 23.5 Å². The molecule has 2 aromatic carbocycles. The minimum atomic E-state index is -1.07. The highest BCUT2D eigenvalue weighted by molar-refractivity contribution is 6.06. The number of hydrogen-bond donors (Lipinski definition) is 2. The topological polar surface area (TPSA) is 70.6 Å². The second kappa shape index (κ2) is 7.96. The van der Waals surface area contributed by atoms with Crippen LogP contribution in [-0.4, -0.2) is 18.0 Å². The summed E-state index contributed by atoms with van der Waals surface area (Å²) < 4.78 is 26.2. The lowest BCUT2D eigenvalue weighted by Gasteiger charge is -2.11. The van der Waals surface area contributed by atoms with Crippen LogP contribution in [0.4, 0.5) is 14.5 Å². The van der Waals surface area contributed by atoms with Crippen molar-refractivity contribution in [2.24, 2.45) is 11.0 Å². The largest absolute Gasteiger partial charge is 0.323 e. The Morgan fingerprint density at radius 1 is 1.04 bits per heavy atom. The average molecular weight is 331 g/mol. The first-order valence-corrected chi connectivity index (χ1v) is 7.11. The first-order chi connectivity index (χ1) is 11.5. The first kappa shape index (κ1) is 17.3. The van der Waals surface area contributed by atoms with Gasteiger partial charge in [-0.05, 0) is 36.8 Å². The number of anilines is 1. The Bertz CT molecular complexity index is 761. The van der Waals surface area contributed by atoms with Gasteiger partial charge in [0.1, 0.15) is 17.6 Å². The van der Waals surface area contributed by atoms with Crippen LogP contribution in [0.5, 0.6) is 0 Å². The lowest BCUT2D eigenvalue weighted by Crippen LogP contribution is -2.34. The average Bonchev–Trinajstić information content (AvgIpc) is 2.58. The van der Waals surface area contributed by atoms with Crippen molar-refractivity contribution in [3.8, 4) is 0 Å². The summed E-state index contributed by atoms with van der Waals surface area (Å²) in [4.78, 5) is 23.8. The zero-order valence-corrected chi connectivity index (χ0v) is 12.8. The molecule has 24 heavy (non-hydrogen) atoms. The molecule has 0 radical (unpaired) electrons. The van der Waals surface area contributed by atoms with Gasteiger partial charge in [-0.3, -0.25) is 9.59 Å². The van der Waals surface area contributed by atoms with Crippen LogP contribution in [0.3, 0.4) is 0 Å². The number of hydrazone groups is 1. The summed E-state index contributed by atoms with van der Waals surface area (Å²) in [5, 5.41) is 6.04. The molecule has 0 saturated carbocycles. The molecule has 2 rings (SSSR count). The minimum absolute atomic E-state index is 0.00281. The Morgan fingerprint density at radius 2 is 1.71 bits per heavy atom. The molecular formula is C17H15F2N3O2. The third-order valence-electron chi connectivity index (χ3n) is 3.18. The Balaban J connectivity index is 1.90. The van der Waals surface area contributed by atoms with E-state index in [1.807, 2.05) is 0 Å². The highest BCUT2D eigenvalue weighted by Crippen LogP contribution is 2.13. The van der Waals surface area contributed by atoms with Crippen molar-refractivity contribution in [2.75, 3.05) is 5.32 Å². The third-order valence-corrected chi connectivity index (χ3v) is 3.18. The van der Waals surface area contributed by atoms with Crippen molar-refractivity contribution in [2.45, 2.75) is 6.92 Å². The summed E-state index contributed by atoms with van der Waals surface area (Å²) in [6.45, 7) is 1.37. The maximum absolute atomic E-state index is 13.5.